The molecule has 0 fully saturated rings. The molecule has 0 aliphatic rings. The van der Waals surface area contributed by atoms with Gasteiger partial charge in [0.05, 0.1) is 18.6 Å². The van der Waals surface area contributed by atoms with E-state index >= 15 is 0 Å². The van der Waals surface area contributed by atoms with Gasteiger partial charge in [0, 0.05) is 13.1 Å². The van der Waals surface area contributed by atoms with Gasteiger partial charge in [-0.2, -0.15) is 0 Å². The summed E-state index contributed by atoms with van der Waals surface area (Å²) in [6.45, 7) is 3.45. The largest absolute Gasteiger partial charge is 0.493 e. The summed E-state index contributed by atoms with van der Waals surface area (Å²) >= 11 is 0. The molecule has 0 saturated heterocycles. The maximum Gasteiger partial charge on any atom is 0.230 e. The molecule has 0 heterocycles. The first-order valence-corrected chi connectivity index (χ1v) is 11.3. The normalized spacial score (nSPS) is 13.3. The van der Waals surface area contributed by atoms with E-state index in [0.29, 0.717) is 11.5 Å². The summed E-state index contributed by atoms with van der Waals surface area (Å²) < 4.78 is 11.0. The van der Waals surface area contributed by atoms with E-state index in [9.17, 15) is 9.90 Å². The van der Waals surface area contributed by atoms with Crippen LogP contribution in [0.2, 0.25) is 0 Å². The summed E-state index contributed by atoms with van der Waals surface area (Å²) in [5, 5.41) is 10.8. The van der Waals surface area contributed by atoms with Crippen LogP contribution in [0.5, 0.6) is 11.5 Å². The van der Waals surface area contributed by atoms with Gasteiger partial charge >= 0.3 is 0 Å². The van der Waals surface area contributed by atoms with Crippen molar-refractivity contribution in [1.82, 2.24) is 4.90 Å². The first-order valence-electron chi connectivity index (χ1n) is 11.3. The highest BCUT2D eigenvalue weighted by Gasteiger charge is 2.42. The van der Waals surface area contributed by atoms with E-state index in [1.54, 1.807) is 45.0 Å². The van der Waals surface area contributed by atoms with Gasteiger partial charge in [0.15, 0.2) is 11.5 Å². The summed E-state index contributed by atoms with van der Waals surface area (Å²) in [7, 11) is 3.33. The Morgan fingerprint density at radius 3 is 1.88 bits per heavy atom. The third kappa shape index (κ3) is 5.58. The quantitative estimate of drug-likeness (QED) is 0.475. The minimum Gasteiger partial charge on any atom is -0.493 e. The predicted octanol–water partition coefficient (Wildman–Crippen LogP) is 4.04. The van der Waals surface area contributed by atoms with Crippen molar-refractivity contribution in [1.29, 1.82) is 0 Å². The third-order valence-electron chi connectivity index (χ3n) is 6.22. The number of amides is 1. The number of aliphatic hydroxyl groups excluding tert-OH is 1. The van der Waals surface area contributed by atoms with Crippen molar-refractivity contribution in [3.8, 4) is 11.5 Å². The van der Waals surface area contributed by atoms with Gasteiger partial charge in [-0.05, 0) is 37.1 Å². The van der Waals surface area contributed by atoms with Gasteiger partial charge in [0.2, 0.25) is 5.91 Å². The monoisotopic (exact) mass is 462 g/mol. The van der Waals surface area contributed by atoms with E-state index in [2.05, 4.69) is 0 Å². The van der Waals surface area contributed by atoms with Crippen LogP contribution in [0.4, 0.5) is 0 Å². The van der Waals surface area contributed by atoms with E-state index < -0.39 is 17.6 Å². The second kappa shape index (κ2) is 11.2. The molecule has 0 bridgehead atoms. The van der Waals surface area contributed by atoms with Crippen molar-refractivity contribution >= 4 is 5.91 Å². The lowest BCUT2D eigenvalue weighted by molar-refractivity contribution is -0.143. The van der Waals surface area contributed by atoms with Crippen molar-refractivity contribution in [3.05, 3.63) is 96.1 Å². The number of hydrogen-bond acceptors (Lipinski definition) is 5. The molecular weight excluding hydrogens is 428 g/mol. The van der Waals surface area contributed by atoms with Crippen molar-refractivity contribution in [2.24, 2.45) is 11.1 Å². The lowest BCUT2D eigenvalue weighted by Gasteiger charge is -2.39. The fourth-order valence-corrected chi connectivity index (χ4v) is 4.12. The van der Waals surface area contributed by atoms with Crippen LogP contribution in [0.25, 0.3) is 0 Å². The molecule has 0 radical (unpaired) electrons. The molecule has 0 aromatic heterocycles. The number of aliphatic hydroxyl groups is 1. The molecule has 34 heavy (non-hydrogen) atoms. The molecule has 180 valence electrons. The number of carbonyl (C=O) groups is 1. The Bertz CT molecular complexity index is 1020. The number of hydrogen-bond donors (Lipinski definition) is 2. The van der Waals surface area contributed by atoms with Crippen molar-refractivity contribution < 1.29 is 19.4 Å². The first-order chi connectivity index (χ1) is 16.3. The minimum absolute atomic E-state index is 0.0667. The Labute approximate surface area is 201 Å². The van der Waals surface area contributed by atoms with Crippen molar-refractivity contribution in [2.45, 2.75) is 32.0 Å². The summed E-state index contributed by atoms with van der Waals surface area (Å²) in [4.78, 5) is 15.5. The molecule has 3 N–H and O–H groups in total. The van der Waals surface area contributed by atoms with Crippen LogP contribution in [0.15, 0.2) is 84.9 Å². The molecule has 3 aromatic rings. The molecule has 0 aliphatic heterocycles. The fourth-order valence-electron chi connectivity index (χ4n) is 4.12. The van der Waals surface area contributed by atoms with Gasteiger partial charge < -0.3 is 25.2 Å². The highest BCUT2D eigenvalue weighted by molar-refractivity contribution is 5.83. The van der Waals surface area contributed by atoms with Gasteiger partial charge in [-0.3, -0.25) is 4.79 Å². The zero-order valence-electron chi connectivity index (χ0n) is 20.2. The Morgan fingerprint density at radius 1 is 0.912 bits per heavy atom. The SMILES string of the molecule is COc1ccccc1OCC(O)C(N)C(C)(C)C(=O)N(C)C(c1ccccc1)c1ccccc1. The van der Waals surface area contributed by atoms with Crippen LogP contribution in [0.3, 0.4) is 0 Å². The zero-order chi connectivity index (χ0) is 24.7. The highest BCUT2D eigenvalue weighted by Crippen LogP contribution is 2.33. The van der Waals surface area contributed by atoms with Crippen molar-refractivity contribution in [2.75, 3.05) is 20.8 Å². The molecule has 3 aromatic carbocycles. The highest BCUT2D eigenvalue weighted by atomic mass is 16.5. The van der Waals surface area contributed by atoms with Crippen LogP contribution in [0, 0.1) is 5.41 Å². The van der Waals surface area contributed by atoms with E-state index in [-0.39, 0.29) is 18.6 Å². The fraction of sp³-hybridized carbons (Fsp3) is 0.321. The molecule has 6 heteroatoms. The standard InChI is InChI=1S/C28H34N2O4/c1-28(2,26(29)22(31)19-34-24-18-12-11-17-23(24)33-4)27(32)30(3)25(20-13-7-5-8-14-20)21-15-9-6-10-16-21/h5-18,22,25-26,31H,19,29H2,1-4H3. The summed E-state index contributed by atoms with van der Waals surface area (Å²) in [5.74, 6) is 0.895. The number of benzene rings is 3. The van der Waals surface area contributed by atoms with E-state index in [1.807, 2.05) is 72.8 Å². The number of carbonyl (C=O) groups excluding carboxylic acids is 1. The number of para-hydroxylation sites is 2. The Kier molecular flexibility index (Phi) is 8.31. The van der Waals surface area contributed by atoms with Gasteiger partial charge in [0.25, 0.3) is 0 Å². The molecule has 6 nitrogen and oxygen atoms in total. The summed E-state index contributed by atoms with van der Waals surface area (Å²) in [6, 6.07) is 25.8. The Morgan fingerprint density at radius 2 is 1.38 bits per heavy atom. The maximum absolute atomic E-state index is 13.7. The third-order valence-corrected chi connectivity index (χ3v) is 6.22. The van der Waals surface area contributed by atoms with Crippen molar-refractivity contribution in [3.63, 3.8) is 0 Å². The maximum atomic E-state index is 13.7. The number of nitrogens with two attached hydrogens (primary N) is 1. The number of nitrogens with zero attached hydrogens (tertiary/aromatic N) is 1. The second-order valence-electron chi connectivity index (χ2n) is 8.92. The van der Waals surface area contributed by atoms with Crippen LogP contribution in [-0.2, 0) is 4.79 Å². The Balaban J connectivity index is 1.78. The van der Waals surface area contributed by atoms with E-state index in [0.717, 1.165) is 11.1 Å². The van der Waals surface area contributed by atoms with Gasteiger partial charge in [-0.25, -0.2) is 0 Å². The molecule has 1 amide bonds. The lowest BCUT2D eigenvalue weighted by Crippen LogP contribution is -2.56. The second-order valence-corrected chi connectivity index (χ2v) is 8.92. The van der Waals surface area contributed by atoms with Crippen LogP contribution >= 0.6 is 0 Å². The first kappa shape index (κ1) is 25.3. The molecule has 2 atom stereocenters. The van der Waals surface area contributed by atoms with Gasteiger partial charge in [-0.15, -0.1) is 0 Å². The Hall–Kier alpha value is -3.35. The van der Waals surface area contributed by atoms with E-state index in [4.69, 9.17) is 15.2 Å². The molecular formula is C28H34N2O4. The lowest BCUT2D eigenvalue weighted by atomic mass is 9.79. The summed E-state index contributed by atoms with van der Waals surface area (Å²) in [6.07, 6.45) is -1.07. The summed E-state index contributed by atoms with van der Waals surface area (Å²) in [5.41, 5.74) is 7.37. The average Bonchev–Trinajstić information content (AvgIpc) is 2.87. The van der Waals surface area contributed by atoms with Crippen LogP contribution < -0.4 is 15.2 Å². The number of methoxy groups -OCH3 is 1. The number of ether oxygens (including phenoxy) is 2. The average molecular weight is 463 g/mol. The topological polar surface area (TPSA) is 85.0 Å². The molecule has 2 unspecified atom stereocenters. The number of rotatable bonds is 10. The molecule has 0 aliphatic carbocycles. The van der Waals surface area contributed by atoms with Gasteiger partial charge in [-0.1, -0.05) is 72.8 Å². The molecule has 3 rings (SSSR count). The zero-order valence-corrected chi connectivity index (χ0v) is 20.2. The van der Waals surface area contributed by atoms with Crippen LogP contribution in [0.1, 0.15) is 31.0 Å². The molecule has 0 spiro atoms. The predicted molar refractivity (Wildman–Crippen MR) is 134 cm³/mol. The van der Waals surface area contributed by atoms with E-state index in [1.165, 1.54) is 0 Å². The smallest absolute Gasteiger partial charge is 0.230 e. The minimum atomic E-state index is -1.07. The van der Waals surface area contributed by atoms with Crippen LogP contribution in [-0.4, -0.2) is 48.8 Å². The van der Waals surface area contributed by atoms with Gasteiger partial charge in [0.1, 0.15) is 12.7 Å². The molecule has 0 saturated carbocycles.